The molecule has 0 amide bonds. The third kappa shape index (κ3) is 8.00. The highest BCUT2D eigenvalue weighted by Gasteiger charge is 2.32. The minimum Gasteiger partial charge on any atom is -0.481 e. The largest absolute Gasteiger partial charge is 0.481 e. The first kappa shape index (κ1) is 21.6. The lowest BCUT2D eigenvalue weighted by molar-refractivity contribution is -0.136. The molecule has 0 aromatic rings. The molecule has 0 saturated heterocycles. The third-order valence-corrected chi connectivity index (χ3v) is 5.09. The Kier molecular flexibility index (Phi) is 10.4. The Balaban J connectivity index is 2.56. The maximum Gasteiger partial charge on any atom is 0.303 e. The van der Waals surface area contributed by atoms with Crippen LogP contribution in [0.1, 0.15) is 71.6 Å². The molecule has 0 bridgehead atoms. The van der Waals surface area contributed by atoms with E-state index in [0.29, 0.717) is 25.2 Å². The molecule has 0 radical (unpaired) electrons. The summed E-state index contributed by atoms with van der Waals surface area (Å²) < 4.78 is 0. The van der Waals surface area contributed by atoms with Gasteiger partial charge in [0.2, 0.25) is 0 Å². The van der Waals surface area contributed by atoms with Crippen molar-refractivity contribution in [3.63, 3.8) is 0 Å². The van der Waals surface area contributed by atoms with Gasteiger partial charge in [0.1, 0.15) is 5.78 Å². The van der Waals surface area contributed by atoms with Gasteiger partial charge < -0.3 is 10.2 Å². The van der Waals surface area contributed by atoms with Crippen LogP contribution < -0.4 is 0 Å². The number of carbonyl (C=O) groups excluding carboxylic acids is 1. The van der Waals surface area contributed by atoms with Gasteiger partial charge in [0, 0.05) is 18.8 Å². The number of aliphatic hydroxyl groups is 1. The molecule has 0 aliphatic heterocycles. The summed E-state index contributed by atoms with van der Waals surface area (Å²) in [5, 5.41) is 19.1. The highest BCUT2D eigenvalue weighted by atomic mass is 16.4. The molecule has 1 rings (SSSR count). The fourth-order valence-electron chi connectivity index (χ4n) is 3.68. The number of allylic oxidation sites excluding steroid dienone is 3. The van der Waals surface area contributed by atoms with Gasteiger partial charge in [-0.25, -0.2) is 0 Å². The first-order valence-electron chi connectivity index (χ1n) is 9.75. The Morgan fingerprint density at radius 3 is 2.52 bits per heavy atom. The van der Waals surface area contributed by atoms with Crippen molar-refractivity contribution in [3.8, 4) is 0 Å². The molecule has 25 heavy (non-hydrogen) atoms. The zero-order valence-corrected chi connectivity index (χ0v) is 15.7. The summed E-state index contributed by atoms with van der Waals surface area (Å²) in [6, 6.07) is 0. The first-order chi connectivity index (χ1) is 12.0. The van der Waals surface area contributed by atoms with Crippen molar-refractivity contribution in [2.75, 3.05) is 0 Å². The second-order valence-electron chi connectivity index (χ2n) is 7.13. The van der Waals surface area contributed by atoms with Crippen LogP contribution in [0.15, 0.2) is 24.3 Å². The van der Waals surface area contributed by atoms with Crippen LogP contribution in [-0.2, 0) is 9.59 Å². The Bertz CT molecular complexity index is 461. The highest BCUT2D eigenvalue weighted by Crippen LogP contribution is 2.33. The molecular weight excluding hydrogens is 316 g/mol. The number of carboxylic acid groups (broad SMARTS) is 1. The molecule has 0 heterocycles. The van der Waals surface area contributed by atoms with Crippen molar-refractivity contribution in [1.29, 1.82) is 0 Å². The molecule has 1 fully saturated rings. The zero-order valence-electron chi connectivity index (χ0n) is 15.7. The van der Waals surface area contributed by atoms with Gasteiger partial charge in [-0.3, -0.25) is 9.59 Å². The fourth-order valence-corrected chi connectivity index (χ4v) is 3.68. The molecule has 1 unspecified atom stereocenters. The summed E-state index contributed by atoms with van der Waals surface area (Å²) in [6.07, 6.45) is 14.3. The van der Waals surface area contributed by atoms with Crippen molar-refractivity contribution >= 4 is 11.8 Å². The number of aliphatic carboxylic acids is 1. The number of carboxylic acids is 1. The number of carbonyl (C=O) groups is 2. The van der Waals surface area contributed by atoms with E-state index in [2.05, 4.69) is 13.8 Å². The second kappa shape index (κ2) is 12.0. The van der Waals surface area contributed by atoms with Gasteiger partial charge in [0.25, 0.3) is 0 Å². The molecule has 0 aromatic heterocycles. The molecule has 0 spiro atoms. The minimum absolute atomic E-state index is 0.0275. The van der Waals surface area contributed by atoms with Crippen molar-refractivity contribution < 1.29 is 19.8 Å². The number of ketones is 1. The van der Waals surface area contributed by atoms with Gasteiger partial charge in [0.05, 0.1) is 6.10 Å². The van der Waals surface area contributed by atoms with E-state index < -0.39 is 12.1 Å². The summed E-state index contributed by atoms with van der Waals surface area (Å²) >= 11 is 0. The predicted molar refractivity (Wildman–Crippen MR) is 100 cm³/mol. The van der Waals surface area contributed by atoms with E-state index in [1.165, 1.54) is 0 Å². The minimum atomic E-state index is -0.801. The monoisotopic (exact) mass is 350 g/mol. The lowest BCUT2D eigenvalue weighted by atomic mass is 9.88. The van der Waals surface area contributed by atoms with Gasteiger partial charge >= 0.3 is 5.97 Å². The number of hydrogen-bond acceptors (Lipinski definition) is 3. The number of Topliss-reactive ketones (excluding diaryl/α,β-unsaturated/α-hetero) is 1. The summed E-state index contributed by atoms with van der Waals surface area (Å²) in [5.74, 6) is -0.0518. The van der Waals surface area contributed by atoms with Crippen molar-refractivity contribution in [2.24, 2.45) is 17.8 Å². The van der Waals surface area contributed by atoms with Crippen LogP contribution in [-0.4, -0.2) is 28.1 Å². The van der Waals surface area contributed by atoms with Gasteiger partial charge in [-0.1, -0.05) is 51.0 Å². The molecule has 1 aliphatic carbocycles. The van der Waals surface area contributed by atoms with Crippen molar-refractivity contribution in [3.05, 3.63) is 24.3 Å². The van der Waals surface area contributed by atoms with E-state index in [-0.39, 0.29) is 24.0 Å². The van der Waals surface area contributed by atoms with E-state index in [4.69, 9.17) is 5.11 Å². The van der Waals surface area contributed by atoms with E-state index in [9.17, 15) is 14.7 Å². The fraction of sp³-hybridized carbons (Fsp3) is 0.714. The van der Waals surface area contributed by atoms with Crippen LogP contribution in [0.3, 0.4) is 0 Å². The Hall–Kier alpha value is -1.42. The van der Waals surface area contributed by atoms with Crippen molar-refractivity contribution in [2.45, 2.75) is 77.7 Å². The highest BCUT2D eigenvalue weighted by molar-refractivity contribution is 5.83. The van der Waals surface area contributed by atoms with E-state index in [0.717, 1.165) is 32.1 Å². The lowest BCUT2D eigenvalue weighted by Crippen LogP contribution is -2.19. The van der Waals surface area contributed by atoms with E-state index in [1.807, 2.05) is 24.3 Å². The molecule has 4 nitrogen and oxygen atoms in total. The van der Waals surface area contributed by atoms with Gasteiger partial charge in [0.15, 0.2) is 0 Å². The molecular formula is C21H34O4. The average molecular weight is 350 g/mol. The SMILES string of the molecule is CCCC(CCC)C(O)C=C[C@@H]1CCC(=O)[C@H]1CC=CCCC(=O)O. The van der Waals surface area contributed by atoms with Crippen LogP contribution in [0.2, 0.25) is 0 Å². The molecule has 4 heteroatoms. The second-order valence-corrected chi connectivity index (χ2v) is 7.13. The summed E-state index contributed by atoms with van der Waals surface area (Å²) in [5.41, 5.74) is 0. The average Bonchev–Trinajstić information content (AvgIpc) is 2.92. The van der Waals surface area contributed by atoms with E-state index in [1.54, 1.807) is 0 Å². The zero-order chi connectivity index (χ0) is 18.7. The molecule has 0 aromatic carbocycles. The van der Waals surface area contributed by atoms with Crippen LogP contribution in [0, 0.1) is 17.8 Å². The van der Waals surface area contributed by atoms with Crippen LogP contribution >= 0.6 is 0 Å². The number of aliphatic hydroxyl groups excluding tert-OH is 1. The summed E-state index contributed by atoms with van der Waals surface area (Å²) in [7, 11) is 0. The van der Waals surface area contributed by atoms with Crippen molar-refractivity contribution in [1.82, 2.24) is 0 Å². The Morgan fingerprint density at radius 2 is 1.92 bits per heavy atom. The summed E-state index contributed by atoms with van der Waals surface area (Å²) in [4.78, 5) is 22.6. The van der Waals surface area contributed by atoms with E-state index >= 15 is 0 Å². The van der Waals surface area contributed by atoms with Crippen LogP contribution in [0.25, 0.3) is 0 Å². The predicted octanol–water partition coefficient (Wildman–Crippen LogP) is 4.53. The molecule has 1 saturated carbocycles. The molecule has 3 atom stereocenters. The standard InChI is InChI=1S/C21H34O4/c1-3-8-17(9-4-2)19(22)14-12-16-13-15-20(23)18(16)10-6-5-7-11-21(24)25/h5-6,12,14,16-19,22H,3-4,7-11,13,15H2,1-2H3,(H,24,25)/t16-,18+,19?/m1/s1. The number of hydrogen-bond donors (Lipinski definition) is 2. The Labute approximate surface area is 152 Å². The topological polar surface area (TPSA) is 74.6 Å². The maximum atomic E-state index is 12.1. The van der Waals surface area contributed by atoms with Gasteiger partial charge in [-0.2, -0.15) is 0 Å². The van der Waals surface area contributed by atoms with Crippen LogP contribution in [0.4, 0.5) is 0 Å². The molecule has 1 aliphatic rings. The smallest absolute Gasteiger partial charge is 0.303 e. The summed E-state index contributed by atoms with van der Waals surface area (Å²) in [6.45, 7) is 4.28. The van der Waals surface area contributed by atoms with Gasteiger partial charge in [-0.15, -0.1) is 0 Å². The van der Waals surface area contributed by atoms with Crippen LogP contribution in [0.5, 0.6) is 0 Å². The normalized spacial score (nSPS) is 22.5. The molecule has 142 valence electrons. The quantitative estimate of drug-likeness (QED) is 0.507. The lowest BCUT2D eigenvalue weighted by Gasteiger charge is -2.20. The first-order valence-corrected chi connectivity index (χ1v) is 9.75. The Morgan fingerprint density at radius 1 is 1.24 bits per heavy atom. The number of rotatable bonds is 12. The maximum absolute atomic E-state index is 12.1. The third-order valence-electron chi connectivity index (χ3n) is 5.09. The molecule has 2 N–H and O–H groups in total. The van der Waals surface area contributed by atoms with Gasteiger partial charge in [-0.05, 0) is 43.9 Å².